The molecule has 0 radical (unpaired) electrons. The maximum Gasteiger partial charge on any atom is 0.263 e. The van der Waals surface area contributed by atoms with E-state index in [1.54, 1.807) is 43.3 Å². The molecule has 0 saturated carbocycles. The van der Waals surface area contributed by atoms with Crippen LogP contribution < -0.4 is 9.47 Å². The van der Waals surface area contributed by atoms with Crippen LogP contribution in [0.4, 0.5) is 0 Å². The van der Waals surface area contributed by atoms with Gasteiger partial charge in [0.05, 0.1) is 7.11 Å². The zero-order valence-corrected chi connectivity index (χ0v) is 14.9. The van der Waals surface area contributed by atoms with Crippen LogP contribution in [0.3, 0.4) is 0 Å². The fraction of sp³-hybridized carbons (Fsp3) is 0.316. The van der Waals surface area contributed by atoms with E-state index in [4.69, 9.17) is 21.1 Å². The molecule has 1 atom stereocenters. The van der Waals surface area contributed by atoms with Crippen molar-refractivity contribution in [3.63, 3.8) is 0 Å². The summed E-state index contributed by atoms with van der Waals surface area (Å²) in [6, 6.07) is 14.7. The van der Waals surface area contributed by atoms with Crippen molar-refractivity contribution in [2.45, 2.75) is 26.0 Å². The highest BCUT2D eigenvalue weighted by molar-refractivity contribution is 6.30. The van der Waals surface area contributed by atoms with E-state index in [1.807, 2.05) is 31.2 Å². The van der Waals surface area contributed by atoms with Gasteiger partial charge < -0.3 is 14.4 Å². The van der Waals surface area contributed by atoms with Crippen LogP contribution >= 0.6 is 11.6 Å². The number of rotatable bonds is 7. The second-order valence-electron chi connectivity index (χ2n) is 5.51. The molecule has 2 aromatic rings. The Bertz CT molecular complexity index is 673. The van der Waals surface area contributed by atoms with Gasteiger partial charge in [-0.3, -0.25) is 4.79 Å². The molecule has 1 amide bonds. The fourth-order valence-corrected chi connectivity index (χ4v) is 2.52. The molecular weight excluding hydrogens is 326 g/mol. The molecule has 0 unspecified atom stereocenters. The lowest BCUT2D eigenvalue weighted by Crippen LogP contribution is -2.39. The average molecular weight is 348 g/mol. The van der Waals surface area contributed by atoms with Gasteiger partial charge in [0.1, 0.15) is 11.5 Å². The number of ether oxygens (including phenoxy) is 2. The topological polar surface area (TPSA) is 38.8 Å². The van der Waals surface area contributed by atoms with Gasteiger partial charge in [-0.15, -0.1) is 0 Å². The van der Waals surface area contributed by atoms with Crippen LogP contribution in [-0.4, -0.2) is 31.1 Å². The maximum atomic E-state index is 12.6. The number of amides is 1. The average Bonchev–Trinajstić information content (AvgIpc) is 2.59. The lowest BCUT2D eigenvalue weighted by molar-refractivity contribution is -0.138. The molecule has 0 aliphatic heterocycles. The van der Waals surface area contributed by atoms with Gasteiger partial charge in [-0.1, -0.05) is 36.7 Å². The summed E-state index contributed by atoms with van der Waals surface area (Å²) in [5, 5.41) is 0.585. The van der Waals surface area contributed by atoms with Crippen LogP contribution in [0.1, 0.15) is 18.9 Å². The predicted octanol–water partition coefficient (Wildman–Crippen LogP) is 4.16. The van der Waals surface area contributed by atoms with Crippen molar-refractivity contribution < 1.29 is 14.3 Å². The molecule has 4 nitrogen and oxygen atoms in total. The molecule has 0 heterocycles. The van der Waals surface area contributed by atoms with E-state index >= 15 is 0 Å². The van der Waals surface area contributed by atoms with Gasteiger partial charge in [0, 0.05) is 18.6 Å². The number of carbonyl (C=O) groups is 1. The Balaban J connectivity index is 2.00. The molecule has 0 N–H and O–H groups in total. The minimum absolute atomic E-state index is 0.0618. The van der Waals surface area contributed by atoms with E-state index in [2.05, 4.69) is 0 Å². The Labute approximate surface area is 147 Å². The van der Waals surface area contributed by atoms with E-state index in [0.29, 0.717) is 23.7 Å². The molecule has 0 bridgehead atoms. The van der Waals surface area contributed by atoms with Crippen LogP contribution in [0.2, 0.25) is 5.02 Å². The highest BCUT2D eigenvalue weighted by Gasteiger charge is 2.22. The van der Waals surface area contributed by atoms with Gasteiger partial charge in [0.15, 0.2) is 6.10 Å². The lowest BCUT2D eigenvalue weighted by Gasteiger charge is -2.24. The van der Waals surface area contributed by atoms with E-state index in [0.717, 1.165) is 11.3 Å². The summed E-state index contributed by atoms with van der Waals surface area (Å²) in [4.78, 5) is 14.3. The van der Waals surface area contributed by atoms with Gasteiger partial charge in [0.2, 0.25) is 0 Å². The molecule has 24 heavy (non-hydrogen) atoms. The largest absolute Gasteiger partial charge is 0.497 e. The molecule has 128 valence electrons. The number of benzene rings is 2. The summed E-state index contributed by atoms with van der Waals surface area (Å²) in [5.41, 5.74) is 1.03. The monoisotopic (exact) mass is 347 g/mol. The highest BCUT2D eigenvalue weighted by Crippen LogP contribution is 2.20. The summed E-state index contributed by atoms with van der Waals surface area (Å²) < 4.78 is 10.9. The molecule has 0 fully saturated rings. The molecular formula is C19H22ClNO3. The smallest absolute Gasteiger partial charge is 0.263 e. The molecule has 2 aromatic carbocycles. The van der Waals surface area contributed by atoms with Crippen LogP contribution in [-0.2, 0) is 11.3 Å². The Morgan fingerprint density at radius 1 is 1.17 bits per heavy atom. The Hall–Kier alpha value is -2.20. The normalized spacial score (nSPS) is 11.7. The number of likely N-dealkylation sites (N-methyl/N-ethyl adjacent to an activating group) is 1. The predicted molar refractivity (Wildman–Crippen MR) is 95.6 cm³/mol. The first-order chi connectivity index (χ1) is 11.5. The quantitative estimate of drug-likeness (QED) is 0.754. The zero-order valence-electron chi connectivity index (χ0n) is 14.2. The third-order valence-corrected chi connectivity index (χ3v) is 3.91. The molecule has 0 spiro atoms. The van der Waals surface area contributed by atoms with Crippen molar-refractivity contribution in [2.24, 2.45) is 0 Å². The standard InChI is InChI=1S/C19H22ClNO3/c1-4-18(24-17-7-5-6-15(20)12-17)19(22)21(2)13-14-8-10-16(23-3)11-9-14/h5-12,18H,4,13H2,1-3H3/t18-/m1/s1. The highest BCUT2D eigenvalue weighted by atomic mass is 35.5. The SMILES string of the molecule is CC[C@@H](Oc1cccc(Cl)c1)C(=O)N(C)Cc1ccc(OC)cc1. The minimum atomic E-state index is -0.535. The molecule has 0 aliphatic carbocycles. The summed E-state index contributed by atoms with van der Waals surface area (Å²) >= 11 is 5.96. The molecule has 0 aliphatic rings. The number of halogens is 1. The first kappa shape index (κ1) is 18.1. The van der Waals surface area contributed by atoms with Gasteiger partial charge >= 0.3 is 0 Å². The number of hydrogen-bond donors (Lipinski definition) is 0. The summed E-state index contributed by atoms with van der Waals surface area (Å²) in [5.74, 6) is 1.33. The van der Waals surface area contributed by atoms with E-state index in [9.17, 15) is 4.79 Å². The number of methoxy groups -OCH3 is 1. The van der Waals surface area contributed by atoms with Crippen LogP contribution in [0.5, 0.6) is 11.5 Å². The number of nitrogens with zero attached hydrogens (tertiary/aromatic N) is 1. The first-order valence-electron chi connectivity index (χ1n) is 7.83. The van der Waals surface area contributed by atoms with Crippen LogP contribution in [0.25, 0.3) is 0 Å². The Morgan fingerprint density at radius 3 is 2.46 bits per heavy atom. The van der Waals surface area contributed by atoms with Crippen molar-refractivity contribution in [3.8, 4) is 11.5 Å². The summed E-state index contributed by atoms with van der Waals surface area (Å²) in [6.45, 7) is 2.44. The van der Waals surface area contributed by atoms with Crippen molar-refractivity contribution >= 4 is 17.5 Å². The third kappa shape index (κ3) is 4.90. The van der Waals surface area contributed by atoms with Crippen molar-refractivity contribution in [1.82, 2.24) is 4.90 Å². The fourth-order valence-electron chi connectivity index (χ4n) is 2.34. The molecule has 5 heteroatoms. The zero-order chi connectivity index (χ0) is 17.5. The Morgan fingerprint density at radius 2 is 1.88 bits per heavy atom. The third-order valence-electron chi connectivity index (χ3n) is 3.68. The van der Waals surface area contributed by atoms with Gasteiger partial charge in [-0.05, 0) is 42.3 Å². The summed E-state index contributed by atoms with van der Waals surface area (Å²) in [6.07, 6.45) is 0.0462. The second kappa shape index (κ2) is 8.60. The first-order valence-corrected chi connectivity index (χ1v) is 8.21. The Kier molecular flexibility index (Phi) is 6.50. The van der Waals surface area contributed by atoms with Crippen molar-refractivity contribution in [2.75, 3.05) is 14.2 Å². The van der Waals surface area contributed by atoms with Crippen molar-refractivity contribution in [1.29, 1.82) is 0 Å². The molecule has 0 saturated heterocycles. The van der Waals surface area contributed by atoms with Gasteiger partial charge in [-0.2, -0.15) is 0 Å². The number of carbonyl (C=O) groups excluding carboxylic acids is 1. The van der Waals surface area contributed by atoms with Crippen LogP contribution in [0.15, 0.2) is 48.5 Å². The van der Waals surface area contributed by atoms with Gasteiger partial charge in [-0.25, -0.2) is 0 Å². The van der Waals surface area contributed by atoms with E-state index in [1.165, 1.54) is 0 Å². The summed E-state index contributed by atoms with van der Waals surface area (Å²) in [7, 11) is 3.40. The van der Waals surface area contributed by atoms with Gasteiger partial charge in [0.25, 0.3) is 5.91 Å². The molecule has 2 rings (SSSR count). The molecule has 0 aromatic heterocycles. The number of hydrogen-bond acceptors (Lipinski definition) is 3. The van der Waals surface area contributed by atoms with Crippen LogP contribution in [0, 0.1) is 0 Å². The minimum Gasteiger partial charge on any atom is -0.497 e. The van der Waals surface area contributed by atoms with Crippen molar-refractivity contribution in [3.05, 3.63) is 59.1 Å². The van der Waals surface area contributed by atoms with E-state index in [-0.39, 0.29) is 5.91 Å². The lowest BCUT2D eigenvalue weighted by atomic mass is 10.2. The van der Waals surface area contributed by atoms with E-state index < -0.39 is 6.10 Å². The maximum absolute atomic E-state index is 12.6. The second-order valence-corrected chi connectivity index (χ2v) is 5.95.